The minimum Gasteiger partial charge on any atom is -0.481 e. The van der Waals surface area contributed by atoms with Gasteiger partial charge in [-0.3, -0.25) is 4.79 Å². The van der Waals surface area contributed by atoms with Crippen LogP contribution in [0.25, 0.3) is 11.4 Å². The minimum atomic E-state index is -0.880. The molecule has 0 aliphatic heterocycles. The summed E-state index contributed by atoms with van der Waals surface area (Å²) in [6.45, 7) is 0. The third-order valence-corrected chi connectivity index (χ3v) is 3.74. The van der Waals surface area contributed by atoms with Gasteiger partial charge in [0.05, 0.1) is 21.6 Å². The van der Waals surface area contributed by atoms with Crippen LogP contribution in [0.1, 0.15) is 5.89 Å². The summed E-state index contributed by atoms with van der Waals surface area (Å²) in [6.07, 6.45) is 0. The molecule has 5 nitrogen and oxygen atoms in total. The van der Waals surface area contributed by atoms with Crippen LogP contribution in [0, 0.1) is 0 Å². The number of nitrogens with zero attached hydrogens (tertiary/aromatic N) is 2. The lowest BCUT2D eigenvalue weighted by Crippen LogP contribution is -1.98. The molecule has 2 rings (SSSR count). The molecular formula is C11H8Cl2N2O3S. The van der Waals surface area contributed by atoms with E-state index >= 15 is 0 Å². The molecule has 1 aromatic heterocycles. The van der Waals surface area contributed by atoms with Gasteiger partial charge < -0.3 is 9.63 Å². The van der Waals surface area contributed by atoms with Gasteiger partial charge in [0, 0.05) is 5.56 Å². The summed E-state index contributed by atoms with van der Waals surface area (Å²) in [5, 5.41) is 13.2. The second-order valence-electron chi connectivity index (χ2n) is 3.53. The first-order valence-corrected chi connectivity index (χ1v) is 7.05. The molecule has 0 spiro atoms. The SMILES string of the molecule is O=C(O)CSCc1nc(-c2ccc(Cl)c(Cl)c2)no1. The van der Waals surface area contributed by atoms with E-state index in [-0.39, 0.29) is 5.75 Å². The number of hydrogen-bond donors (Lipinski definition) is 1. The fraction of sp³-hybridized carbons (Fsp3) is 0.182. The Hall–Kier alpha value is -1.24. The van der Waals surface area contributed by atoms with Gasteiger partial charge in [-0.05, 0) is 18.2 Å². The average molecular weight is 319 g/mol. The fourth-order valence-corrected chi connectivity index (χ4v) is 2.16. The van der Waals surface area contributed by atoms with Crippen LogP contribution in [-0.2, 0) is 10.5 Å². The molecule has 1 N–H and O–H groups in total. The number of carboxylic acid groups (broad SMARTS) is 1. The van der Waals surface area contributed by atoms with Gasteiger partial charge in [0.1, 0.15) is 0 Å². The first-order valence-electron chi connectivity index (χ1n) is 5.14. The summed E-state index contributed by atoms with van der Waals surface area (Å²) in [5.74, 6) is 0.219. The molecule has 0 amide bonds. The molecule has 0 saturated heterocycles. The Bertz CT molecular complexity index is 603. The first-order chi connectivity index (χ1) is 9.06. The van der Waals surface area contributed by atoms with Crippen LogP contribution >= 0.6 is 35.0 Å². The van der Waals surface area contributed by atoms with E-state index in [4.69, 9.17) is 32.8 Å². The zero-order valence-corrected chi connectivity index (χ0v) is 11.8. The molecule has 1 aromatic carbocycles. The Morgan fingerprint density at radius 2 is 2.16 bits per heavy atom. The van der Waals surface area contributed by atoms with E-state index in [9.17, 15) is 4.79 Å². The van der Waals surface area contributed by atoms with Crippen molar-refractivity contribution in [3.05, 3.63) is 34.1 Å². The molecule has 0 atom stereocenters. The van der Waals surface area contributed by atoms with Crippen molar-refractivity contribution in [2.75, 3.05) is 5.75 Å². The van der Waals surface area contributed by atoms with Crippen molar-refractivity contribution in [1.29, 1.82) is 0 Å². The van der Waals surface area contributed by atoms with E-state index in [1.165, 1.54) is 11.8 Å². The molecule has 100 valence electrons. The summed E-state index contributed by atoms with van der Waals surface area (Å²) in [4.78, 5) is 14.5. The number of rotatable bonds is 5. The molecule has 19 heavy (non-hydrogen) atoms. The number of aliphatic carboxylic acids is 1. The molecule has 8 heteroatoms. The highest BCUT2D eigenvalue weighted by atomic mass is 35.5. The number of aromatic nitrogens is 2. The number of hydrogen-bond acceptors (Lipinski definition) is 5. The molecule has 0 saturated carbocycles. The molecular weight excluding hydrogens is 311 g/mol. The maximum atomic E-state index is 10.4. The van der Waals surface area contributed by atoms with Crippen molar-refractivity contribution < 1.29 is 14.4 Å². The van der Waals surface area contributed by atoms with Gasteiger partial charge in [0.25, 0.3) is 0 Å². The van der Waals surface area contributed by atoms with Gasteiger partial charge in [-0.15, -0.1) is 11.8 Å². The summed E-state index contributed by atoms with van der Waals surface area (Å²) in [6, 6.07) is 5.02. The number of carboxylic acids is 1. The van der Waals surface area contributed by atoms with E-state index in [0.29, 0.717) is 33.1 Å². The first kappa shape index (κ1) is 14.2. The molecule has 0 unspecified atom stereocenters. The van der Waals surface area contributed by atoms with E-state index in [1.807, 2.05) is 0 Å². The van der Waals surface area contributed by atoms with Gasteiger partial charge in [0.2, 0.25) is 11.7 Å². The predicted octanol–water partition coefficient (Wildman–Crippen LogP) is 3.36. The third-order valence-electron chi connectivity index (χ3n) is 2.10. The molecule has 2 aromatic rings. The summed E-state index contributed by atoms with van der Waals surface area (Å²) in [7, 11) is 0. The molecule has 0 aliphatic carbocycles. The second kappa shape index (κ2) is 6.27. The highest BCUT2D eigenvalue weighted by molar-refractivity contribution is 7.99. The lowest BCUT2D eigenvalue weighted by molar-refractivity contribution is -0.133. The fourth-order valence-electron chi connectivity index (χ4n) is 1.29. The van der Waals surface area contributed by atoms with Crippen LogP contribution in [0.2, 0.25) is 10.0 Å². The van der Waals surface area contributed by atoms with Crippen LogP contribution < -0.4 is 0 Å². The topological polar surface area (TPSA) is 76.2 Å². The van der Waals surface area contributed by atoms with Crippen molar-refractivity contribution in [3.63, 3.8) is 0 Å². The highest BCUT2D eigenvalue weighted by Gasteiger charge is 2.10. The van der Waals surface area contributed by atoms with Gasteiger partial charge >= 0.3 is 5.97 Å². The lowest BCUT2D eigenvalue weighted by atomic mass is 10.2. The van der Waals surface area contributed by atoms with E-state index < -0.39 is 5.97 Å². The van der Waals surface area contributed by atoms with Gasteiger partial charge in [-0.1, -0.05) is 28.4 Å². The van der Waals surface area contributed by atoms with E-state index in [1.54, 1.807) is 18.2 Å². The van der Waals surface area contributed by atoms with Gasteiger partial charge in [0.15, 0.2) is 0 Å². The van der Waals surface area contributed by atoms with Crippen molar-refractivity contribution in [2.45, 2.75) is 5.75 Å². The van der Waals surface area contributed by atoms with Gasteiger partial charge in [-0.2, -0.15) is 4.98 Å². The van der Waals surface area contributed by atoms with Crippen LogP contribution in [-0.4, -0.2) is 27.0 Å². The highest BCUT2D eigenvalue weighted by Crippen LogP contribution is 2.27. The molecule has 0 fully saturated rings. The number of halogens is 2. The van der Waals surface area contributed by atoms with Crippen LogP contribution in [0.15, 0.2) is 22.7 Å². The predicted molar refractivity (Wildman–Crippen MR) is 73.6 cm³/mol. The van der Waals surface area contributed by atoms with E-state index in [0.717, 1.165) is 0 Å². The normalized spacial score (nSPS) is 10.6. The molecule has 0 radical (unpaired) electrons. The third kappa shape index (κ3) is 3.86. The lowest BCUT2D eigenvalue weighted by Gasteiger charge is -1.97. The minimum absolute atomic E-state index is 0.00944. The Labute approximate surface area is 122 Å². The van der Waals surface area contributed by atoms with Crippen LogP contribution in [0.4, 0.5) is 0 Å². The summed E-state index contributed by atoms with van der Waals surface area (Å²) in [5.41, 5.74) is 0.688. The second-order valence-corrected chi connectivity index (χ2v) is 5.33. The van der Waals surface area contributed by atoms with Crippen molar-refractivity contribution in [2.24, 2.45) is 0 Å². The van der Waals surface area contributed by atoms with Crippen molar-refractivity contribution in [1.82, 2.24) is 10.1 Å². The maximum Gasteiger partial charge on any atom is 0.313 e. The Balaban J connectivity index is 2.07. The van der Waals surface area contributed by atoms with Crippen molar-refractivity contribution in [3.8, 4) is 11.4 Å². The molecule has 0 bridgehead atoms. The zero-order chi connectivity index (χ0) is 13.8. The standard InChI is InChI=1S/C11H8Cl2N2O3S/c12-7-2-1-6(3-8(7)13)11-14-9(18-15-11)4-19-5-10(16)17/h1-3H,4-5H2,(H,16,17). The monoisotopic (exact) mass is 318 g/mol. The summed E-state index contributed by atoms with van der Waals surface area (Å²) >= 11 is 12.9. The molecule has 0 aliphatic rings. The zero-order valence-electron chi connectivity index (χ0n) is 9.47. The average Bonchev–Trinajstić information content (AvgIpc) is 2.81. The molecule has 1 heterocycles. The van der Waals surface area contributed by atoms with Gasteiger partial charge in [-0.25, -0.2) is 0 Å². The maximum absolute atomic E-state index is 10.4. The Morgan fingerprint density at radius 3 is 2.84 bits per heavy atom. The number of thioether (sulfide) groups is 1. The van der Waals surface area contributed by atoms with Crippen LogP contribution in [0.5, 0.6) is 0 Å². The van der Waals surface area contributed by atoms with Crippen LogP contribution in [0.3, 0.4) is 0 Å². The number of benzene rings is 1. The summed E-state index contributed by atoms with van der Waals surface area (Å²) < 4.78 is 5.02. The number of carbonyl (C=O) groups is 1. The Morgan fingerprint density at radius 1 is 1.37 bits per heavy atom. The van der Waals surface area contributed by atoms with Crippen molar-refractivity contribution >= 4 is 40.9 Å². The largest absolute Gasteiger partial charge is 0.481 e. The van der Waals surface area contributed by atoms with E-state index in [2.05, 4.69) is 10.1 Å². The quantitative estimate of drug-likeness (QED) is 0.910. The Kier molecular flexibility index (Phi) is 4.68. The smallest absolute Gasteiger partial charge is 0.313 e.